The minimum atomic E-state index is -0.519. The molecule has 0 bridgehead atoms. The highest BCUT2D eigenvalue weighted by Gasteiger charge is 2.39. The molecular formula is C26H36N4O. The van der Waals surface area contributed by atoms with Gasteiger partial charge in [-0.15, -0.1) is 0 Å². The molecule has 1 unspecified atom stereocenters. The number of piperidine rings is 1. The van der Waals surface area contributed by atoms with E-state index in [-0.39, 0.29) is 11.9 Å². The van der Waals surface area contributed by atoms with E-state index in [9.17, 15) is 4.79 Å². The van der Waals surface area contributed by atoms with Crippen molar-refractivity contribution in [3.8, 4) is 0 Å². The lowest BCUT2D eigenvalue weighted by Crippen LogP contribution is -2.55. The Morgan fingerprint density at radius 1 is 1.03 bits per heavy atom. The Kier molecular flexibility index (Phi) is 7.23. The minimum absolute atomic E-state index is 0.138. The van der Waals surface area contributed by atoms with Crippen LogP contribution in [-0.2, 0) is 4.79 Å². The highest BCUT2D eigenvalue weighted by atomic mass is 16.2. The fourth-order valence-corrected chi connectivity index (χ4v) is 5.10. The van der Waals surface area contributed by atoms with Gasteiger partial charge in [-0.2, -0.15) is 0 Å². The SMILES string of the molecule is Cc1ccc(NC2(C(=O)NCC(c3cccnc3)N3CCCCC3)CCCCC2)cc1. The second-order valence-corrected chi connectivity index (χ2v) is 9.24. The molecule has 1 saturated carbocycles. The summed E-state index contributed by atoms with van der Waals surface area (Å²) in [7, 11) is 0. The summed E-state index contributed by atoms with van der Waals surface area (Å²) in [5.74, 6) is 0.138. The van der Waals surface area contributed by atoms with Gasteiger partial charge in [0.15, 0.2) is 0 Å². The third kappa shape index (κ3) is 5.45. The van der Waals surface area contributed by atoms with Crippen LogP contribution in [0.4, 0.5) is 5.69 Å². The summed E-state index contributed by atoms with van der Waals surface area (Å²) in [5.41, 5.74) is 2.93. The van der Waals surface area contributed by atoms with Gasteiger partial charge >= 0.3 is 0 Å². The van der Waals surface area contributed by atoms with E-state index in [1.165, 1.54) is 36.8 Å². The van der Waals surface area contributed by atoms with Crippen molar-refractivity contribution in [1.82, 2.24) is 15.2 Å². The summed E-state index contributed by atoms with van der Waals surface area (Å²) in [5, 5.41) is 6.98. The molecule has 5 heteroatoms. The maximum atomic E-state index is 13.6. The van der Waals surface area contributed by atoms with E-state index in [2.05, 4.69) is 57.8 Å². The van der Waals surface area contributed by atoms with Gasteiger partial charge in [0.2, 0.25) is 5.91 Å². The molecule has 2 aromatic rings. The third-order valence-corrected chi connectivity index (χ3v) is 6.93. The number of nitrogens with one attached hydrogen (secondary N) is 2. The maximum Gasteiger partial charge on any atom is 0.245 e. The quantitative estimate of drug-likeness (QED) is 0.672. The van der Waals surface area contributed by atoms with Gasteiger partial charge in [-0.05, 0) is 69.5 Å². The number of carbonyl (C=O) groups is 1. The van der Waals surface area contributed by atoms with Crippen molar-refractivity contribution in [1.29, 1.82) is 0 Å². The van der Waals surface area contributed by atoms with Crippen LogP contribution in [0.1, 0.15) is 68.5 Å². The fraction of sp³-hybridized carbons (Fsp3) is 0.538. The smallest absolute Gasteiger partial charge is 0.245 e. The molecular weight excluding hydrogens is 384 g/mol. The lowest BCUT2D eigenvalue weighted by atomic mass is 9.80. The minimum Gasteiger partial charge on any atom is -0.371 e. The first kappa shape index (κ1) is 21.8. The van der Waals surface area contributed by atoms with Crippen molar-refractivity contribution in [3.63, 3.8) is 0 Å². The number of benzene rings is 1. The highest BCUT2D eigenvalue weighted by molar-refractivity contribution is 5.89. The van der Waals surface area contributed by atoms with E-state index in [1.807, 2.05) is 18.5 Å². The molecule has 1 amide bonds. The van der Waals surface area contributed by atoms with Crippen molar-refractivity contribution < 1.29 is 4.79 Å². The van der Waals surface area contributed by atoms with Crippen molar-refractivity contribution >= 4 is 11.6 Å². The molecule has 2 fully saturated rings. The number of likely N-dealkylation sites (tertiary alicyclic amines) is 1. The van der Waals surface area contributed by atoms with Gasteiger partial charge in [0.05, 0.1) is 6.04 Å². The summed E-state index contributed by atoms with van der Waals surface area (Å²) in [6.45, 7) is 4.89. The first-order chi connectivity index (χ1) is 15.2. The van der Waals surface area contributed by atoms with Crippen LogP contribution in [0.15, 0.2) is 48.8 Å². The zero-order valence-corrected chi connectivity index (χ0v) is 18.8. The average molecular weight is 421 g/mol. The maximum absolute atomic E-state index is 13.6. The number of nitrogens with zero attached hydrogens (tertiary/aromatic N) is 2. The Labute approximate surface area is 186 Å². The van der Waals surface area contributed by atoms with Crippen LogP contribution in [0, 0.1) is 6.92 Å². The molecule has 1 aromatic heterocycles. The molecule has 4 rings (SSSR count). The normalized spacial score (nSPS) is 20.0. The molecule has 0 radical (unpaired) electrons. The van der Waals surface area contributed by atoms with E-state index in [0.717, 1.165) is 44.5 Å². The molecule has 31 heavy (non-hydrogen) atoms. The lowest BCUT2D eigenvalue weighted by molar-refractivity contribution is -0.126. The van der Waals surface area contributed by atoms with Crippen molar-refractivity contribution in [3.05, 3.63) is 59.9 Å². The molecule has 1 aliphatic heterocycles. The fourth-order valence-electron chi connectivity index (χ4n) is 5.10. The monoisotopic (exact) mass is 420 g/mol. The van der Waals surface area contributed by atoms with E-state index >= 15 is 0 Å². The number of rotatable bonds is 7. The molecule has 1 aromatic carbocycles. The Bertz CT molecular complexity index is 824. The number of carbonyl (C=O) groups excluding carboxylic acids is 1. The summed E-state index contributed by atoms with van der Waals surface area (Å²) >= 11 is 0. The Balaban J connectivity index is 1.49. The topological polar surface area (TPSA) is 57.3 Å². The van der Waals surface area contributed by atoms with E-state index < -0.39 is 5.54 Å². The standard InChI is InChI=1S/C26H36N4O/c1-21-10-12-23(13-11-21)29-26(14-4-2-5-15-26)25(31)28-20-24(22-9-8-16-27-19-22)30-17-6-3-7-18-30/h8-13,16,19,24,29H,2-7,14-15,17-18,20H2,1H3,(H,28,31). The number of pyridine rings is 1. The Morgan fingerprint density at radius 2 is 1.74 bits per heavy atom. The van der Waals surface area contributed by atoms with E-state index in [1.54, 1.807) is 0 Å². The molecule has 2 aliphatic rings. The predicted molar refractivity (Wildman–Crippen MR) is 126 cm³/mol. The largest absolute Gasteiger partial charge is 0.371 e. The number of amides is 1. The molecule has 2 heterocycles. The van der Waals surface area contributed by atoms with Gasteiger partial charge in [0, 0.05) is 24.6 Å². The van der Waals surface area contributed by atoms with Crippen molar-refractivity contribution in [2.24, 2.45) is 0 Å². The molecule has 0 spiro atoms. The van der Waals surface area contributed by atoms with Gasteiger partial charge in [0.25, 0.3) is 0 Å². The number of hydrogen-bond donors (Lipinski definition) is 2. The molecule has 1 atom stereocenters. The van der Waals surface area contributed by atoms with Crippen molar-refractivity contribution in [2.75, 3.05) is 25.0 Å². The van der Waals surface area contributed by atoms with Crippen molar-refractivity contribution in [2.45, 2.75) is 69.9 Å². The first-order valence-electron chi connectivity index (χ1n) is 11.9. The number of anilines is 1. The number of hydrogen-bond acceptors (Lipinski definition) is 4. The summed E-state index contributed by atoms with van der Waals surface area (Å²) < 4.78 is 0. The summed E-state index contributed by atoms with van der Waals surface area (Å²) in [6, 6.07) is 12.7. The summed E-state index contributed by atoms with van der Waals surface area (Å²) in [6.07, 6.45) is 12.7. The third-order valence-electron chi connectivity index (χ3n) is 6.93. The van der Waals surface area contributed by atoms with Crippen LogP contribution in [-0.4, -0.2) is 41.0 Å². The molecule has 1 saturated heterocycles. The Hall–Kier alpha value is -2.40. The van der Waals surface area contributed by atoms with Crippen LogP contribution < -0.4 is 10.6 Å². The molecule has 166 valence electrons. The number of aryl methyl sites for hydroxylation is 1. The van der Waals surface area contributed by atoms with Gasteiger partial charge in [-0.1, -0.05) is 49.4 Å². The van der Waals surface area contributed by atoms with Gasteiger partial charge < -0.3 is 10.6 Å². The van der Waals surface area contributed by atoms with Gasteiger partial charge in [0.1, 0.15) is 5.54 Å². The van der Waals surface area contributed by atoms with E-state index in [4.69, 9.17) is 0 Å². The molecule has 1 aliphatic carbocycles. The number of aromatic nitrogens is 1. The van der Waals surface area contributed by atoms with Crippen LogP contribution in [0.5, 0.6) is 0 Å². The zero-order chi connectivity index (χ0) is 21.5. The van der Waals surface area contributed by atoms with Gasteiger partial charge in [-0.3, -0.25) is 14.7 Å². The van der Waals surface area contributed by atoms with Gasteiger partial charge in [-0.25, -0.2) is 0 Å². The van der Waals surface area contributed by atoms with Crippen LogP contribution >= 0.6 is 0 Å². The lowest BCUT2D eigenvalue weighted by Gasteiger charge is -2.39. The average Bonchev–Trinajstić information content (AvgIpc) is 2.82. The highest BCUT2D eigenvalue weighted by Crippen LogP contribution is 2.33. The predicted octanol–water partition coefficient (Wildman–Crippen LogP) is 4.85. The molecule has 2 N–H and O–H groups in total. The zero-order valence-electron chi connectivity index (χ0n) is 18.8. The molecule has 5 nitrogen and oxygen atoms in total. The van der Waals surface area contributed by atoms with Crippen LogP contribution in [0.3, 0.4) is 0 Å². The van der Waals surface area contributed by atoms with Crippen LogP contribution in [0.25, 0.3) is 0 Å². The Morgan fingerprint density at radius 3 is 2.42 bits per heavy atom. The second kappa shape index (κ2) is 10.3. The first-order valence-corrected chi connectivity index (χ1v) is 11.9. The summed E-state index contributed by atoms with van der Waals surface area (Å²) in [4.78, 5) is 20.5. The second-order valence-electron chi connectivity index (χ2n) is 9.24. The van der Waals surface area contributed by atoms with E-state index in [0.29, 0.717) is 6.54 Å². The van der Waals surface area contributed by atoms with Crippen LogP contribution in [0.2, 0.25) is 0 Å².